The van der Waals surface area contributed by atoms with Crippen LogP contribution in [-0.2, 0) is 9.47 Å². The lowest BCUT2D eigenvalue weighted by molar-refractivity contribution is -0.154. The van der Waals surface area contributed by atoms with Crippen molar-refractivity contribution in [1.82, 2.24) is 0 Å². The van der Waals surface area contributed by atoms with E-state index in [1.165, 1.54) is 0 Å². The van der Waals surface area contributed by atoms with Crippen LogP contribution in [0.5, 0.6) is 0 Å². The van der Waals surface area contributed by atoms with Crippen molar-refractivity contribution in [2.45, 2.75) is 31.0 Å². The molecule has 1 saturated heterocycles. The quantitative estimate of drug-likeness (QED) is 0.527. The first-order chi connectivity index (χ1) is 6.92. The molecule has 0 aromatic rings. The van der Waals surface area contributed by atoms with Crippen LogP contribution in [0.1, 0.15) is 6.42 Å². The molecule has 1 aliphatic rings. The molecule has 7 heteroatoms. The molecule has 0 aromatic heterocycles. The Labute approximate surface area is 84.0 Å². The van der Waals surface area contributed by atoms with Gasteiger partial charge in [-0.05, 0) is 0 Å². The summed E-state index contributed by atoms with van der Waals surface area (Å²) in [5.41, 5.74) is 0. The monoisotopic (exact) mass is 232 g/mol. The second-order valence-corrected chi connectivity index (χ2v) is 3.41. The second-order valence-electron chi connectivity index (χ2n) is 3.41. The molecule has 0 spiro atoms. The van der Waals surface area contributed by atoms with Crippen molar-refractivity contribution in [2.75, 3.05) is 19.8 Å². The van der Waals surface area contributed by atoms with Gasteiger partial charge < -0.3 is 14.6 Å². The molecule has 1 rings (SSSR count). The fourth-order valence-electron chi connectivity index (χ4n) is 0.962. The zero-order chi connectivity index (χ0) is 11.5. The summed E-state index contributed by atoms with van der Waals surface area (Å²) in [6, 6.07) is 0. The van der Waals surface area contributed by atoms with E-state index in [1.807, 2.05) is 0 Å². The fourth-order valence-corrected chi connectivity index (χ4v) is 0.962. The molecule has 0 amide bonds. The number of halogens is 4. The van der Waals surface area contributed by atoms with Crippen molar-refractivity contribution in [3.8, 4) is 0 Å². The Bertz CT molecular complexity index is 196. The SMILES string of the molecule is OC(COCC1CO1)CC(F)(F)C(F)F. The zero-order valence-corrected chi connectivity index (χ0v) is 7.84. The summed E-state index contributed by atoms with van der Waals surface area (Å²) in [5, 5.41) is 8.99. The van der Waals surface area contributed by atoms with E-state index in [1.54, 1.807) is 0 Å². The molecule has 1 fully saturated rings. The average Bonchev–Trinajstić information content (AvgIpc) is 2.86. The summed E-state index contributed by atoms with van der Waals surface area (Å²) in [4.78, 5) is 0. The summed E-state index contributed by atoms with van der Waals surface area (Å²) in [7, 11) is 0. The maximum absolute atomic E-state index is 12.4. The van der Waals surface area contributed by atoms with Crippen molar-refractivity contribution in [3.63, 3.8) is 0 Å². The largest absolute Gasteiger partial charge is 0.390 e. The van der Waals surface area contributed by atoms with Gasteiger partial charge in [-0.3, -0.25) is 0 Å². The molecule has 0 aromatic carbocycles. The lowest BCUT2D eigenvalue weighted by atomic mass is 10.1. The molecule has 1 N–H and O–H groups in total. The van der Waals surface area contributed by atoms with Crippen molar-refractivity contribution in [2.24, 2.45) is 0 Å². The molecule has 1 aliphatic heterocycles. The van der Waals surface area contributed by atoms with E-state index in [0.29, 0.717) is 6.61 Å². The highest BCUT2D eigenvalue weighted by Crippen LogP contribution is 2.28. The second kappa shape index (κ2) is 5.09. The molecule has 90 valence electrons. The van der Waals surface area contributed by atoms with Crippen LogP contribution in [0, 0.1) is 0 Å². The van der Waals surface area contributed by atoms with Gasteiger partial charge >= 0.3 is 12.3 Å². The summed E-state index contributed by atoms with van der Waals surface area (Å²) in [5.74, 6) is -4.17. The van der Waals surface area contributed by atoms with E-state index in [4.69, 9.17) is 14.6 Å². The summed E-state index contributed by atoms with van der Waals surface area (Å²) in [6.45, 7) is 0.350. The van der Waals surface area contributed by atoms with Crippen molar-refractivity contribution < 1.29 is 32.1 Å². The molecule has 2 atom stereocenters. The highest BCUT2D eigenvalue weighted by molar-refractivity contribution is 4.74. The summed E-state index contributed by atoms with van der Waals surface area (Å²) < 4.78 is 57.8. The smallest absolute Gasteiger partial charge is 0.310 e. The molecular weight excluding hydrogens is 220 g/mol. The van der Waals surface area contributed by atoms with Gasteiger partial charge in [-0.15, -0.1) is 0 Å². The molecule has 0 saturated carbocycles. The van der Waals surface area contributed by atoms with Crippen LogP contribution in [0.15, 0.2) is 0 Å². The van der Waals surface area contributed by atoms with E-state index >= 15 is 0 Å². The predicted molar refractivity (Wildman–Crippen MR) is 42.1 cm³/mol. The first-order valence-corrected chi connectivity index (χ1v) is 4.45. The van der Waals surface area contributed by atoms with Gasteiger partial charge in [0.2, 0.25) is 0 Å². The Morgan fingerprint density at radius 2 is 2.07 bits per heavy atom. The Morgan fingerprint density at radius 3 is 2.53 bits per heavy atom. The molecule has 0 radical (unpaired) electrons. The van der Waals surface area contributed by atoms with E-state index in [2.05, 4.69) is 0 Å². The van der Waals surface area contributed by atoms with Gasteiger partial charge in [-0.1, -0.05) is 0 Å². The number of ether oxygens (including phenoxy) is 2. The summed E-state index contributed by atoms with van der Waals surface area (Å²) in [6.07, 6.45) is -6.70. The summed E-state index contributed by atoms with van der Waals surface area (Å²) >= 11 is 0. The third-order valence-electron chi connectivity index (χ3n) is 1.84. The zero-order valence-electron chi connectivity index (χ0n) is 7.84. The van der Waals surface area contributed by atoms with Gasteiger partial charge in [-0.2, -0.15) is 0 Å². The third kappa shape index (κ3) is 4.76. The number of aliphatic hydroxyl groups excluding tert-OH is 1. The first kappa shape index (κ1) is 12.7. The minimum atomic E-state index is -4.17. The van der Waals surface area contributed by atoms with Crippen LogP contribution in [-0.4, -0.2) is 49.5 Å². The van der Waals surface area contributed by atoms with Gasteiger partial charge in [0.1, 0.15) is 6.10 Å². The normalized spacial score (nSPS) is 23.2. The molecule has 3 nitrogen and oxygen atoms in total. The molecule has 2 unspecified atom stereocenters. The minimum Gasteiger partial charge on any atom is -0.390 e. The van der Waals surface area contributed by atoms with Gasteiger partial charge in [0, 0.05) is 6.42 Å². The van der Waals surface area contributed by atoms with Crippen LogP contribution in [0.2, 0.25) is 0 Å². The van der Waals surface area contributed by atoms with E-state index < -0.39 is 24.9 Å². The van der Waals surface area contributed by atoms with E-state index in [9.17, 15) is 17.6 Å². The topological polar surface area (TPSA) is 42.0 Å². The Balaban J connectivity index is 2.12. The standard InChI is InChI=1S/C8H12F4O3/c9-7(10)8(11,12)1-5(13)2-14-3-6-4-15-6/h5-7,13H,1-4H2. The molecule has 15 heavy (non-hydrogen) atoms. The highest BCUT2D eigenvalue weighted by atomic mass is 19.3. The lowest BCUT2D eigenvalue weighted by Crippen LogP contribution is -2.33. The van der Waals surface area contributed by atoms with Crippen LogP contribution >= 0.6 is 0 Å². The van der Waals surface area contributed by atoms with Gasteiger partial charge in [0.05, 0.1) is 25.9 Å². The van der Waals surface area contributed by atoms with Crippen LogP contribution < -0.4 is 0 Å². The van der Waals surface area contributed by atoms with Crippen molar-refractivity contribution >= 4 is 0 Å². The van der Waals surface area contributed by atoms with Crippen molar-refractivity contribution in [1.29, 1.82) is 0 Å². The number of hydrogen-bond donors (Lipinski definition) is 1. The van der Waals surface area contributed by atoms with Crippen LogP contribution in [0.3, 0.4) is 0 Å². The third-order valence-corrected chi connectivity index (χ3v) is 1.84. The van der Waals surface area contributed by atoms with Gasteiger partial charge in [0.15, 0.2) is 0 Å². The average molecular weight is 232 g/mol. The Hall–Kier alpha value is -0.400. The van der Waals surface area contributed by atoms with Crippen LogP contribution in [0.4, 0.5) is 17.6 Å². The van der Waals surface area contributed by atoms with E-state index in [0.717, 1.165) is 0 Å². The van der Waals surface area contributed by atoms with Crippen LogP contribution in [0.25, 0.3) is 0 Å². The maximum Gasteiger partial charge on any atom is 0.310 e. The van der Waals surface area contributed by atoms with Crippen molar-refractivity contribution in [3.05, 3.63) is 0 Å². The minimum absolute atomic E-state index is 0.0483. The molecule has 1 heterocycles. The lowest BCUT2D eigenvalue weighted by Gasteiger charge is -2.18. The van der Waals surface area contributed by atoms with E-state index in [-0.39, 0.29) is 19.3 Å². The molecule has 0 aliphatic carbocycles. The predicted octanol–water partition coefficient (Wildman–Crippen LogP) is 1.05. The number of alkyl halides is 4. The maximum atomic E-state index is 12.4. The number of aliphatic hydroxyl groups is 1. The number of epoxide rings is 1. The Morgan fingerprint density at radius 1 is 1.47 bits per heavy atom. The van der Waals surface area contributed by atoms with Gasteiger partial charge in [-0.25, -0.2) is 17.6 Å². The van der Waals surface area contributed by atoms with Gasteiger partial charge in [0.25, 0.3) is 0 Å². The highest BCUT2D eigenvalue weighted by Gasteiger charge is 2.42. The number of rotatable bonds is 7. The first-order valence-electron chi connectivity index (χ1n) is 4.45. The fraction of sp³-hybridized carbons (Fsp3) is 1.00. The number of hydrogen-bond acceptors (Lipinski definition) is 3. The molecule has 0 bridgehead atoms. The molecular formula is C8H12F4O3. The Kier molecular flexibility index (Phi) is 4.30.